The summed E-state index contributed by atoms with van der Waals surface area (Å²) >= 11 is 0. The highest BCUT2D eigenvalue weighted by molar-refractivity contribution is 5.96. The van der Waals surface area contributed by atoms with E-state index in [0.717, 1.165) is 25.0 Å². The molecule has 2 rings (SSSR count). The van der Waals surface area contributed by atoms with E-state index in [-0.39, 0.29) is 11.6 Å². The number of nitrogens with one attached hydrogen (secondary N) is 1. The number of benzene rings is 1. The molecule has 1 aromatic rings. The number of ether oxygens (including phenoxy) is 1. The van der Waals surface area contributed by atoms with Crippen LogP contribution in [0.4, 0.5) is 18.9 Å². The molecule has 0 saturated heterocycles. The molecule has 1 fully saturated rings. The molecule has 0 radical (unpaired) electrons. The summed E-state index contributed by atoms with van der Waals surface area (Å²) in [5.74, 6) is -1.45. The van der Waals surface area contributed by atoms with E-state index in [9.17, 15) is 22.8 Å². The van der Waals surface area contributed by atoms with Crippen LogP contribution in [-0.4, -0.2) is 18.0 Å². The number of amides is 1. The largest absolute Gasteiger partial charge is 0.452 e. The molecule has 114 valence electrons. The van der Waals surface area contributed by atoms with Crippen LogP contribution in [0.3, 0.4) is 0 Å². The summed E-state index contributed by atoms with van der Waals surface area (Å²) in [5, 5.41) is 2.15. The monoisotopic (exact) mass is 301 g/mol. The molecular weight excluding hydrogens is 287 g/mol. The maximum absolute atomic E-state index is 12.8. The van der Waals surface area contributed by atoms with Gasteiger partial charge in [0.1, 0.15) is 0 Å². The summed E-state index contributed by atoms with van der Waals surface area (Å²) < 4.78 is 43.3. The number of hydrogen-bond donors (Lipinski definition) is 1. The third-order valence-corrected chi connectivity index (χ3v) is 3.06. The molecule has 1 aromatic carbocycles. The van der Waals surface area contributed by atoms with Crippen molar-refractivity contribution in [3.63, 3.8) is 0 Å². The number of carbonyl (C=O) groups is 2. The number of hydrogen-bond acceptors (Lipinski definition) is 3. The fourth-order valence-electron chi connectivity index (χ4n) is 1.72. The molecule has 0 unspecified atom stereocenters. The lowest BCUT2D eigenvalue weighted by Gasteiger charge is -2.16. The van der Waals surface area contributed by atoms with Crippen molar-refractivity contribution >= 4 is 17.6 Å². The first-order chi connectivity index (χ1) is 9.79. The minimum atomic E-state index is -4.57. The maximum Gasteiger partial charge on any atom is 0.418 e. The van der Waals surface area contributed by atoms with E-state index in [1.165, 1.54) is 19.1 Å². The zero-order valence-corrected chi connectivity index (χ0v) is 11.2. The van der Waals surface area contributed by atoms with Gasteiger partial charge in [0, 0.05) is 0 Å². The van der Waals surface area contributed by atoms with Crippen LogP contribution in [-0.2, 0) is 20.5 Å². The van der Waals surface area contributed by atoms with Crippen molar-refractivity contribution in [1.29, 1.82) is 0 Å². The van der Waals surface area contributed by atoms with Crippen molar-refractivity contribution in [3.8, 4) is 0 Å². The Morgan fingerprint density at radius 2 is 1.90 bits per heavy atom. The zero-order chi connectivity index (χ0) is 15.6. The Morgan fingerprint density at radius 3 is 2.48 bits per heavy atom. The van der Waals surface area contributed by atoms with Gasteiger partial charge in [0.05, 0.1) is 17.2 Å². The Morgan fingerprint density at radius 1 is 1.29 bits per heavy atom. The fraction of sp³-hybridized carbons (Fsp3) is 0.429. The van der Waals surface area contributed by atoms with Crippen LogP contribution in [0.15, 0.2) is 24.3 Å². The highest BCUT2D eigenvalue weighted by Crippen LogP contribution is 2.34. The third-order valence-electron chi connectivity index (χ3n) is 3.06. The Bertz CT molecular complexity index is 553. The molecule has 1 aliphatic carbocycles. The van der Waals surface area contributed by atoms with E-state index in [2.05, 4.69) is 5.32 Å². The van der Waals surface area contributed by atoms with E-state index in [1.54, 1.807) is 0 Å². The topological polar surface area (TPSA) is 55.4 Å². The van der Waals surface area contributed by atoms with Crippen LogP contribution < -0.4 is 5.32 Å². The molecule has 1 amide bonds. The highest BCUT2D eigenvalue weighted by Gasteiger charge is 2.35. The molecule has 1 atom stereocenters. The van der Waals surface area contributed by atoms with Crippen LogP contribution in [0.1, 0.15) is 25.3 Å². The van der Waals surface area contributed by atoms with Gasteiger partial charge < -0.3 is 10.1 Å². The number of carbonyl (C=O) groups excluding carboxylic acids is 2. The molecule has 21 heavy (non-hydrogen) atoms. The van der Waals surface area contributed by atoms with Gasteiger partial charge in [-0.1, -0.05) is 12.1 Å². The van der Waals surface area contributed by atoms with Gasteiger partial charge in [-0.05, 0) is 31.9 Å². The van der Waals surface area contributed by atoms with Crippen molar-refractivity contribution in [2.75, 3.05) is 5.32 Å². The second-order valence-corrected chi connectivity index (χ2v) is 4.89. The molecule has 7 heteroatoms. The summed E-state index contributed by atoms with van der Waals surface area (Å²) in [5.41, 5.74) is -1.30. The number of esters is 1. The molecule has 1 aliphatic rings. The Balaban J connectivity index is 2.03. The molecule has 1 N–H and O–H groups in total. The van der Waals surface area contributed by atoms with Gasteiger partial charge in [-0.3, -0.25) is 9.59 Å². The van der Waals surface area contributed by atoms with Crippen molar-refractivity contribution < 1.29 is 27.5 Å². The van der Waals surface area contributed by atoms with Crippen molar-refractivity contribution in [3.05, 3.63) is 29.8 Å². The summed E-state index contributed by atoms with van der Waals surface area (Å²) in [6.07, 6.45) is -4.26. The van der Waals surface area contributed by atoms with E-state index in [0.29, 0.717) is 0 Å². The predicted molar refractivity (Wildman–Crippen MR) is 68.4 cm³/mol. The fourth-order valence-corrected chi connectivity index (χ4v) is 1.72. The van der Waals surface area contributed by atoms with E-state index in [4.69, 9.17) is 4.74 Å². The van der Waals surface area contributed by atoms with Gasteiger partial charge in [0.15, 0.2) is 6.10 Å². The van der Waals surface area contributed by atoms with Crippen LogP contribution in [0.25, 0.3) is 0 Å². The van der Waals surface area contributed by atoms with E-state index >= 15 is 0 Å². The Hall–Kier alpha value is -2.05. The quantitative estimate of drug-likeness (QED) is 0.870. The summed E-state index contributed by atoms with van der Waals surface area (Å²) in [4.78, 5) is 23.2. The molecule has 0 bridgehead atoms. The van der Waals surface area contributed by atoms with E-state index in [1.807, 2.05) is 0 Å². The first kappa shape index (κ1) is 15.3. The lowest BCUT2D eigenvalue weighted by molar-refractivity contribution is -0.154. The molecule has 0 aromatic heterocycles. The van der Waals surface area contributed by atoms with Crippen molar-refractivity contribution in [2.45, 2.75) is 32.0 Å². The molecule has 4 nitrogen and oxygen atoms in total. The number of anilines is 1. The lowest BCUT2D eigenvalue weighted by atomic mass is 10.1. The van der Waals surface area contributed by atoms with Crippen LogP contribution in [0.5, 0.6) is 0 Å². The molecule has 0 aliphatic heterocycles. The molecule has 1 saturated carbocycles. The van der Waals surface area contributed by atoms with E-state index < -0.39 is 29.7 Å². The smallest absolute Gasteiger partial charge is 0.418 e. The summed E-state index contributed by atoms with van der Waals surface area (Å²) in [6, 6.07) is 4.63. The third kappa shape index (κ3) is 3.96. The number of rotatable bonds is 4. The maximum atomic E-state index is 12.8. The lowest BCUT2D eigenvalue weighted by Crippen LogP contribution is -2.31. The summed E-state index contributed by atoms with van der Waals surface area (Å²) in [6.45, 7) is 1.33. The van der Waals surface area contributed by atoms with Crippen LogP contribution in [0, 0.1) is 5.92 Å². The second-order valence-electron chi connectivity index (χ2n) is 4.89. The standard InChI is InChI=1S/C14H14F3NO3/c1-8(21-13(20)9-6-7-9)12(19)18-11-5-3-2-4-10(11)14(15,16)17/h2-5,8-9H,6-7H2,1H3,(H,18,19)/t8-/m1/s1. The van der Waals surface area contributed by atoms with Gasteiger partial charge in [-0.25, -0.2) is 0 Å². The zero-order valence-electron chi connectivity index (χ0n) is 11.2. The minimum Gasteiger partial charge on any atom is -0.452 e. The van der Waals surface area contributed by atoms with Gasteiger partial charge in [-0.15, -0.1) is 0 Å². The molecular formula is C14H14F3NO3. The summed E-state index contributed by atoms with van der Waals surface area (Å²) in [7, 11) is 0. The predicted octanol–water partition coefficient (Wildman–Crippen LogP) is 2.99. The number of alkyl halides is 3. The first-order valence-corrected chi connectivity index (χ1v) is 6.46. The van der Waals surface area contributed by atoms with Gasteiger partial charge in [0.2, 0.25) is 0 Å². The number of para-hydroxylation sites is 1. The van der Waals surface area contributed by atoms with Crippen molar-refractivity contribution in [1.82, 2.24) is 0 Å². The van der Waals surface area contributed by atoms with Gasteiger partial charge >= 0.3 is 12.1 Å². The SMILES string of the molecule is C[C@@H](OC(=O)C1CC1)C(=O)Nc1ccccc1C(F)(F)F. The second kappa shape index (κ2) is 5.75. The number of halogens is 3. The highest BCUT2D eigenvalue weighted by atomic mass is 19.4. The average Bonchev–Trinajstić information content (AvgIpc) is 3.22. The van der Waals surface area contributed by atoms with Gasteiger partial charge in [0.25, 0.3) is 5.91 Å². The van der Waals surface area contributed by atoms with Gasteiger partial charge in [-0.2, -0.15) is 13.2 Å². The Labute approximate surface area is 119 Å². The van der Waals surface area contributed by atoms with Crippen molar-refractivity contribution in [2.24, 2.45) is 5.92 Å². The normalized spacial score (nSPS) is 16.2. The first-order valence-electron chi connectivity index (χ1n) is 6.46. The molecule has 0 spiro atoms. The average molecular weight is 301 g/mol. The minimum absolute atomic E-state index is 0.178. The Kier molecular flexibility index (Phi) is 4.20. The molecule has 0 heterocycles. The van der Waals surface area contributed by atoms with Crippen LogP contribution in [0.2, 0.25) is 0 Å². The van der Waals surface area contributed by atoms with Crippen LogP contribution >= 0.6 is 0 Å².